The summed E-state index contributed by atoms with van der Waals surface area (Å²) in [5, 5.41) is 1.50. The van der Waals surface area contributed by atoms with Crippen LogP contribution in [0, 0.1) is 0 Å². The van der Waals surface area contributed by atoms with Crippen molar-refractivity contribution < 1.29 is 4.74 Å². The Hall–Kier alpha value is -0.503. The van der Waals surface area contributed by atoms with Crippen LogP contribution in [0.25, 0.3) is 0 Å². The molecule has 0 aromatic rings. The minimum atomic E-state index is -1.20. The molecule has 0 aliphatic heterocycles. The summed E-state index contributed by atoms with van der Waals surface area (Å²) >= 11 is 0. The monoisotopic (exact) mass is 212 g/mol. The number of hydrogen-bond acceptors (Lipinski definition) is 1. The van der Waals surface area contributed by atoms with Gasteiger partial charge in [-0.05, 0) is 19.4 Å². The van der Waals surface area contributed by atoms with Gasteiger partial charge in [-0.1, -0.05) is 44.3 Å². The number of methoxy groups -OCH3 is 1. The lowest BCUT2D eigenvalue weighted by Crippen LogP contribution is -2.23. The van der Waals surface area contributed by atoms with Gasteiger partial charge in [0.1, 0.15) is 0 Å². The lowest BCUT2D eigenvalue weighted by molar-refractivity contribution is 0.293. The predicted octanol–water partition coefficient (Wildman–Crippen LogP) is 4.14. The van der Waals surface area contributed by atoms with E-state index in [0.29, 0.717) is 0 Å². The van der Waals surface area contributed by atoms with E-state index in [1.54, 1.807) is 7.11 Å². The third-order valence-corrected chi connectivity index (χ3v) is 4.28. The van der Waals surface area contributed by atoms with Gasteiger partial charge in [0.05, 0.1) is 20.9 Å². The first kappa shape index (κ1) is 13.5. The summed E-state index contributed by atoms with van der Waals surface area (Å²) < 4.78 is 5.20. The molecule has 82 valence electrons. The van der Waals surface area contributed by atoms with Crippen LogP contribution in [0.4, 0.5) is 0 Å². The van der Waals surface area contributed by atoms with Crippen molar-refractivity contribution in [3.05, 3.63) is 23.1 Å². The highest BCUT2D eigenvalue weighted by atomic mass is 28.3. The molecule has 0 aliphatic rings. The highest BCUT2D eigenvalue weighted by Crippen LogP contribution is 2.18. The number of hydrogen-bond donors (Lipinski definition) is 0. The zero-order valence-electron chi connectivity index (χ0n) is 10.5. The first-order valence-corrected chi connectivity index (χ1v) is 8.84. The van der Waals surface area contributed by atoms with Crippen LogP contribution in [-0.2, 0) is 4.74 Å². The Labute approximate surface area is 89.9 Å². The highest BCUT2D eigenvalue weighted by Gasteiger charge is 2.17. The van der Waals surface area contributed by atoms with Gasteiger partial charge in [0, 0.05) is 0 Å². The molecular formula is C12H24OSi. The summed E-state index contributed by atoms with van der Waals surface area (Å²) in [6.07, 6.45) is 6.96. The molecule has 0 rings (SSSR count). The van der Waals surface area contributed by atoms with Crippen LogP contribution in [-0.4, -0.2) is 15.2 Å². The minimum absolute atomic E-state index is 1.01. The first-order valence-electron chi connectivity index (χ1n) is 5.34. The largest absolute Gasteiger partial charge is 0.501 e. The molecule has 0 amide bonds. The average molecular weight is 212 g/mol. The standard InChI is InChI=1S/C12H24OSi/c1-7-8-9-12(14(4,5)6)10-11(2)13-3/h9-10H,7-8H2,1-6H3/b11-10+,12-9+. The normalized spacial score (nSPS) is 14.4. The van der Waals surface area contributed by atoms with Crippen molar-refractivity contribution in [2.45, 2.75) is 46.3 Å². The maximum Gasteiger partial charge on any atom is 0.0923 e. The Kier molecular flexibility index (Phi) is 5.85. The van der Waals surface area contributed by atoms with Crippen molar-refractivity contribution in [3.8, 4) is 0 Å². The number of allylic oxidation sites excluding steroid dienone is 4. The van der Waals surface area contributed by atoms with Gasteiger partial charge < -0.3 is 4.74 Å². The van der Waals surface area contributed by atoms with Gasteiger partial charge >= 0.3 is 0 Å². The summed E-state index contributed by atoms with van der Waals surface area (Å²) in [5.41, 5.74) is 0. The molecule has 0 bridgehead atoms. The van der Waals surface area contributed by atoms with E-state index >= 15 is 0 Å². The molecule has 0 aromatic carbocycles. The molecule has 1 nitrogen and oxygen atoms in total. The number of unbranched alkanes of at least 4 members (excludes halogenated alkanes) is 1. The fraction of sp³-hybridized carbons (Fsp3) is 0.667. The number of ether oxygens (including phenoxy) is 1. The van der Waals surface area contributed by atoms with Gasteiger partial charge in [-0.2, -0.15) is 0 Å². The van der Waals surface area contributed by atoms with E-state index in [1.807, 2.05) is 6.92 Å². The van der Waals surface area contributed by atoms with Gasteiger partial charge in [0.2, 0.25) is 0 Å². The van der Waals surface area contributed by atoms with Gasteiger partial charge in [0.15, 0.2) is 0 Å². The van der Waals surface area contributed by atoms with Crippen molar-refractivity contribution >= 4 is 8.07 Å². The third kappa shape index (κ3) is 5.27. The smallest absolute Gasteiger partial charge is 0.0923 e. The molecule has 0 aromatic heterocycles. The summed E-state index contributed by atoms with van der Waals surface area (Å²) in [6.45, 7) is 11.3. The molecule has 0 N–H and O–H groups in total. The fourth-order valence-electron chi connectivity index (χ4n) is 1.16. The molecular weight excluding hydrogens is 188 g/mol. The molecule has 0 fully saturated rings. The van der Waals surface area contributed by atoms with Crippen LogP contribution in [0.5, 0.6) is 0 Å². The van der Waals surface area contributed by atoms with E-state index < -0.39 is 8.07 Å². The van der Waals surface area contributed by atoms with Crippen molar-refractivity contribution in [2.75, 3.05) is 7.11 Å². The van der Waals surface area contributed by atoms with Crippen LogP contribution in [0.2, 0.25) is 19.6 Å². The second-order valence-electron chi connectivity index (χ2n) is 4.66. The highest BCUT2D eigenvalue weighted by molar-refractivity contribution is 6.83. The van der Waals surface area contributed by atoms with E-state index in [2.05, 4.69) is 38.7 Å². The summed E-state index contributed by atoms with van der Waals surface area (Å²) in [6, 6.07) is 0. The summed E-state index contributed by atoms with van der Waals surface area (Å²) in [4.78, 5) is 0. The average Bonchev–Trinajstić information content (AvgIpc) is 2.09. The van der Waals surface area contributed by atoms with Crippen LogP contribution in [0.15, 0.2) is 23.1 Å². The zero-order valence-corrected chi connectivity index (χ0v) is 11.5. The maximum absolute atomic E-state index is 5.20. The molecule has 0 atom stereocenters. The molecule has 2 heteroatoms. The molecule has 0 radical (unpaired) electrons. The predicted molar refractivity (Wildman–Crippen MR) is 67.1 cm³/mol. The molecule has 0 saturated carbocycles. The molecule has 0 aliphatic carbocycles. The van der Waals surface area contributed by atoms with E-state index in [0.717, 1.165) is 5.76 Å². The van der Waals surface area contributed by atoms with Gasteiger partial charge in [0.25, 0.3) is 0 Å². The van der Waals surface area contributed by atoms with Crippen molar-refractivity contribution in [2.24, 2.45) is 0 Å². The first-order chi connectivity index (χ1) is 6.41. The van der Waals surface area contributed by atoms with Gasteiger partial charge in [-0.3, -0.25) is 0 Å². The second kappa shape index (κ2) is 6.07. The molecule has 14 heavy (non-hydrogen) atoms. The lowest BCUT2D eigenvalue weighted by Gasteiger charge is -2.18. The Morgan fingerprint density at radius 3 is 2.21 bits per heavy atom. The Morgan fingerprint density at radius 1 is 1.29 bits per heavy atom. The van der Waals surface area contributed by atoms with Gasteiger partial charge in [-0.15, -0.1) is 0 Å². The van der Waals surface area contributed by atoms with Crippen LogP contribution >= 0.6 is 0 Å². The lowest BCUT2D eigenvalue weighted by atomic mass is 10.3. The Balaban J connectivity index is 4.75. The van der Waals surface area contributed by atoms with Crippen LogP contribution in [0.3, 0.4) is 0 Å². The fourth-order valence-corrected chi connectivity index (χ4v) is 2.55. The number of rotatable bonds is 5. The van der Waals surface area contributed by atoms with E-state index in [9.17, 15) is 0 Å². The van der Waals surface area contributed by atoms with Crippen LogP contribution in [0.1, 0.15) is 26.7 Å². The minimum Gasteiger partial charge on any atom is -0.501 e. The molecule has 0 unspecified atom stereocenters. The summed E-state index contributed by atoms with van der Waals surface area (Å²) in [5.74, 6) is 1.01. The molecule has 0 heterocycles. The topological polar surface area (TPSA) is 9.23 Å². The van der Waals surface area contributed by atoms with Gasteiger partial charge in [-0.25, -0.2) is 0 Å². The van der Waals surface area contributed by atoms with Crippen molar-refractivity contribution in [1.29, 1.82) is 0 Å². The van der Waals surface area contributed by atoms with E-state index in [4.69, 9.17) is 4.74 Å². The Morgan fingerprint density at radius 2 is 1.86 bits per heavy atom. The summed E-state index contributed by atoms with van der Waals surface area (Å²) in [7, 11) is 0.531. The third-order valence-electron chi connectivity index (χ3n) is 2.20. The quantitative estimate of drug-likeness (QED) is 0.378. The molecule has 0 spiro atoms. The zero-order chi connectivity index (χ0) is 11.2. The van der Waals surface area contributed by atoms with Crippen molar-refractivity contribution in [1.82, 2.24) is 0 Å². The van der Waals surface area contributed by atoms with Crippen molar-refractivity contribution in [3.63, 3.8) is 0 Å². The second-order valence-corrected chi connectivity index (χ2v) is 9.73. The van der Waals surface area contributed by atoms with Crippen LogP contribution < -0.4 is 0 Å². The van der Waals surface area contributed by atoms with E-state index in [-0.39, 0.29) is 0 Å². The van der Waals surface area contributed by atoms with E-state index in [1.165, 1.54) is 18.0 Å². The maximum atomic E-state index is 5.20. The Bertz CT molecular complexity index is 221. The molecule has 0 saturated heterocycles. The SMILES string of the molecule is CCC/C=C(\C=C(/C)OC)[Si](C)(C)C.